The highest BCUT2D eigenvalue weighted by molar-refractivity contribution is 6.21. The highest BCUT2D eigenvalue weighted by atomic mass is 35.5. The van der Waals surface area contributed by atoms with E-state index in [1.54, 1.807) is 0 Å². The second-order valence-electron chi connectivity index (χ2n) is 4.41. The molecule has 1 saturated heterocycles. The Balaban J connectivity index is 2.62. The van der Waals surface area contributed by atoms with Gasteiger partial charge in [0.25, 0.3) is 0 Å². The minimum absolute atomic E-state index is 0.281. The molecule has 0 aliphatic carbocycles. The van der Waals surface area contributed by atoms with Gasteiger partial charge in [0.15, 0.2) is 0 Å². The average molecular weight is 176 g/mol. The number of alkyl halides is 1. The van der Waals surface area contributed by atoms with Crippen LogP contribution in [0.15, 0.2) is 0 Å². The third-order valence-electron chi connectivity index (χ3n) is 2.52. The summed E-state index contributed by atoms with van der Waals surface area (Å²) in [7, 11) is 0. The molecule has 0 aromatic carbocycles. The van der Waals surface area contributed by atoms with Crippen LogP contribution in [0.2, 0.25) is 0 Å². The molecule has 1 rings (SSSR count). The lowest BCUT2D eigenvalue weighted by Gasteiger charge is -2.35. The van der Waals surface area contributed by atoms with Crippen molar-refractivity contribution in [3.8, 4) is 0 Å². The zero-order valence-electron chi connectivity index (χ0n) is 7.89. The Bertz CT molecular complexity index is 139. The van der Waals surface area contributed by atoms with Crippen LogP contribution in [-0.2, 0) is 0 Å². The molecule has 1 nitrogen and oxygen atoms in total. The van der Waals surface area contributed by atoms with Gasteiger partial charge in [-0.15, -0.1) is 11.6 Å². The average Bonchev–Trinajstić information content (AvgIpc) is 2.11. The van der Waals surface area contributed by atoms with Crippen molar-refractivity contribution in [3.63, 3.8) is 0 Å². The summed E-state index contributed by atoms with van der Waals surface area (Å²) in [6, 6.07) is 0.539. The first kappa shape index (κ1) is 9.34. The summed E-state index contributed by atoms with van der Waals surface area (Å²) >= 11 is 6.12. The van der Waals surface area contributed by atoms with Crippen LogP contribution in [0.25, 0.3) is 0 Å². The van der Waals surface area contributed by atoms with E-state index in [2.05, 4.69) is 32.6 Å². The number of hydrogen-bond acceptors (Lipinski definition) is 1. The van der Waals surface area contributed by atoms with E-state index in [0.717, 1.165) is 13.0 Å². The summed E-state index contributed by atoms with van der Waals surface area (Å²) in [6.45, 7) is 10.1. The van der Waals surface area contributed by atoms with Gasteiger partial charge in [-0.2, -0.15) is 0 Å². The van der Waals surface area contributed by atoms with E-state index >= 15 is 0 Å². The Morgan fingerprint density at radius 2 is 1.91 bits per heavy atom. The van der Waals surface area contributed by atoms with Gasteiger partial charge in [0.2, 0.25) is 0 Å². The van der Waals surface area contributed by atoms with Crippen molar-refractivity contribution in [1.82, 2.24) is 4.90 Å². The van der Waals surface area contributed by atoms with Gasteiger partial charge in [-0.1, -0.05) is 0 Å². The molecule has 0 N–H and O–H groups in total. The number of hydrogen-bond donors (Lipinski definition) is 0. The summed E-state index contributed by atoms with van der Waals surface area (Å²) < 4.78 is 0. The number of rotatable bonds is 0. The lowest BCUT2D eigenvalue weighted by atomic mass is 10.1. The lowest BCUT2D eigenvalue weighted by molar-refractivity contribution is 0.131. The van der Waals surface area contributed by atoms with Crippen LogP contribution in [-0.4, -0.2) is 28.4 Å². The van der Waals surface area contributed by atoms with Gasteiger partial charge in [0, 0.05) is 18.1 Å². The monoisotopic (exact) mass is 175 g/mol. The molecule has 1 fully saturated rings. The van der Waals surface area contributed by atoms with E-state index in [0.29, 0.717) is 11.4 Å². The summed E-state index contributed by atoms with van der Waals surface area (Å²) in [5.41, 5.74) is 0.281. The topological polar surface area (TPSA) is 3.24 Å². The minimum Gasteiger partial charge on any atom is -0.294 e. The molecule has 1 heterocycles. The van der Waals surface area contributed by atoms with Gasteiger partial charge < -0.3 is 0 Å². The minimum atomic E-state index is 0.281. The number of likely N-dealkylation sites (tertiary alicyclic amines) is 1. The van der Waals surface area contributed by atoms with Crippen molar-refractivity contribution in [3.05, 3.63) is 0 Å². The summed E-state index contributed by atoms with van der Waals surface area (Å²) in [6.07, 6.45) is 1.14. The second kappa shape index (κ2) is 2.95. The second-order valence-corrected chi connectivity index (χ2v) is 4.97. The predicted molar refractivity (Wildman–Crippen MR) is 50.2 cm³/mol. The highest BCUT2D eigenvalue weighted by Gasteiger charge is 2.35. The molecule has 0 amide bonds. The third kappa shape index (κ3) is 1.88. The molecule has 0 radical (unpaired) electrons. The molecule has 0 bridgehead atoms. The van der Waals surface area contributed by atoms with E-state index < -0.39 is 0 Å². The first-order valence-corrected chi connectivity index (χ1v) is 4.77. The maximum atomic E-state index is 6.12. The molecule has 1 aliphatic heterocycles. The van der Waals surface area contributed by atoms with E-state index in [4.69, 9.17) is 11.6 Å². The van der Waals surface area contributed by atoms with Crippen molar-refractivity contribution in [1.29, 1.82) is 0 Å². The zero-order valence-corrected chi connectivity index (χ0v) is 8.65. The molecular formula is C9H18ClN. The Labute approximate surface area is 74.7 Å². The van der Waals surface area contributed by atoms with Gasteiger partial charge in [-0.3, -0.25) is 4.90 Å². The van der Waals surface area contributed by atoms with Gasteiger partial charge in [0.05, 0.1) is 5.38 Å². The van der Waals surface area contributed by atoms with Crippen molar-refractivity contribution in [2.24, 2.45) is 0 Å². The van der Waals surface area contributed by atoms with Crippen LogP contribution >= 0.6 is 11.6 Å². The molecule has 0 aromatic rings. The van der Waals surface area contributed by atoms with E-state index in [-0.39, 0.29) is 5.54 Å². The van der Waals surface area contributed by atoms with E-state index in [1.807, 2.05) is 0 Å². The van der Waals surface area contributed by atoms with Crippen LogP contribution in [0.3, 0.4) is 0 Å². The molecule has 0 saturated carbocycles. The quantitative estimate of drug-likeness (QED) is 0.512. The fraction of sp³-hybridized carbons (Fsp3) is 1.00. The zero-order chi connectivity index (χ0) is 8.65. The Kier molecular flexibility index (Phi) is 2.50. The summed E-state index contributed by atoms with van der Waals surface area (Å²) in [5, 5.41) is 0.356. The van der Waals surface area contributed by atoms with Crippen LogP contribution in [0.5, 0.6) is 0 Å². The molecule has 1 aliphatic rings. The summed E-state index contributed by atoms with van der Waals surface area (Å²) in [5.74, 6) is 0. The van der Waals surface area contributed by atoms with Crippen molar-refractivity contribution in [2.75, 3.05) is 6.54 Å². The normalized spacial score (nSPS) is 34.6. The first-order chi connectivity index (χ1) is 4.93. The molecule has 0 aromatic heterocycles. The molecule has 11 heavy (non-hydrogen) atoms. The number of nitrogens with zero attached hydrogens (tertiary/aromatic N) is 1. The highest BCUT2D eigenvalue weighted by Crippen LogP contribution is 2.29. The Morgan fingerprint density at radius 1 is 1.36 bits per heavy atom. The Morgan fingerprint density at radius 3 is 2.09 bits per heavy atom. The van der Waals surface area contributed by atoms with E-state index in [9.17, 15) is 0 Å². The fourth-order valence-corrected chi connectivity index (χ4v) is 2.08. The SMILES string of the molecule is C[C@@H]1[C@@H](Cl)CCN1C(C)(C)C. The maximum absolute atomic E-state index is 6.12. The fourth-order valence-electron chi connectivity index (χ4n) is 1.85. The standard InChI is InChI=1S/C9H18ClN/c1-7-8(10)5-6-11(7)9(2,3)4/h7-8H,5-6H2,1-4H3/t7-,8+/m1/s1. The van der Waals surface area contributed by atoms with Crippen LogP contribution in [0, 0.1) is 0 Å². The van der Waals surface area contributed by atoms with Crippen molar-refractivity contribution in [2.45, 2.75) is 51.1 Å². The number of halogens is 1. The van der Waals surface area contributed by atoms with Gasteiger partial charge in [-0.05, 0) is 34.1 Å². The third-order valence-corrected chi connectivity index (χ3v) is 3.11. The maximum Gasteiger partial charge on any atom is 0.0501 e. The van der Waals surface area contributed by atoms with Crippen LogP contribution in [0.1, 0.15) is 34.1 Å². The van der Waals surface area contributed by atoms with Gasteiger partial charge in [0.1, 0.15) is 0 Å². The molecular weight excluding hydrogens is 158 g/mol. The van der Waals surface area contributed by atoms with Gasteiger partial charge in [-0.25, -0.2) is 0 Å². The van der Waals surface area contributed by atoms with E-state index in [1.165, 1.54) is 0 Å². The predicted octanol–water partition coefficient (Wildman–Crippen LogP) is 2.49. The van der Waals surface area contributed by atoms with Crippen LogP contribution < -0.4 is 0 Å². The molecule has 0 spiro atoms. The van der Waals surface area contributed by atoms with Crippen LogP contribution in [0.4, 0.5) is 0 Å². The largest absolute Gasteiger partial charge is 0.294 e. The van der Waals surface area contributed by atoms with Gasteiger partial charge >= 0.3 is 0 Å². The smallest absolute Gasteiger partial charge is 0.0501 e. The van der Waals surface area contributed by atoms with Crippen molar-refractivity contribution >= 4 is 11.6 Å². The van der Waals surface area contributed by atoms with Crippen molar-refractivity contribution < 1.29 is 0 Å². The summed E-state index contributed by atoms with van der Waals surface area (Å²) in [4.78, 5) is 2.48. The molecule has 0 unspecified atom stereocenters. The first-order valence-electron chi connectivity index (χ1n) is 4.34. The molecule has 66 valence electrons. The molecule has 2 heteroatoms. The Hall–Kier alpha value is 0.250. The lowest BCUT2D eigenvalue weighted by Crippen LogP contribution is -2.44. The molecule has 2 atom stereocenters.